The molecular formula is C7H10AmFO2. The topological polar surface area (TPSA) is 18.5 Å². The zero-order valence-corrected chi connectivity index (χ0v) is 9.53. The van der Waals surface area contributed by atoms with E-state index in [1.807, 2.05) is 10.6 Å². The molecule has 0 aliphatic carbocycles. The van der Waals surface area contributed by atoms with E-state index in [2.05, 4.69) is 4.74 Å². The van der Waals surface area contributed by atoms with Crippen molar-refractivity contribution in [3.63, 3.8) is 0 Å². The van der Waals surface area contributed by atoms with Gasteiger partial charge in [0.15, 0.2) is 0 Å². The van der Waals surface area contributed by atoms with Crippen LogP contribution in [0.25, 0.3) is 0 Å². The maximum absolute atomic E-state index is 13.2. The van der Waals surface area contributed by atoms with Crippen molar-refractivity contribution in [1.29, 1.82) is 0 Å². The van der Waals surface area contributed by atoms with Gasteiger partial charge in [-0.3, -0.25) is 0 Å². The summed E-state index contributed by atoms with van der Waals surface area (Å²) < 4.78 is 22.9. The molecule has 0 N–H and O–H groups in total. The van der Waals surface area contributed by atoms with Gasteiger partial charge in [0.25, 0.3) is 0 Å². The molecule has 64 valence electrons. The zero-order valence-electron chi connectivity index (χ0n) is 6.38. The summed E-state index contributed by atoms with van der Waals surface area (Å²) in [6.45, 7) is 0. The normalized spacial score (nSPS) is 20.8. The number of ether oxygens (including phenoxy) is 1. The second-order valence-electron chi connectivity index (χ2n) is 1.95. The minimum absolute atomic E-state index is 1.34. The summed E-state index contributed by atoms with van der Waals surface area (Å²) >= 11 is -1.95. The number of rotatable bonds is 2. The van der Waals surface area contributed by atoms with Crippen molar-refractivity contribution in [1.82, 2.24) is 0 Å². The van der Waals surface area contributed by atoms with Crippen LogP contribution in [0.2, 0.25) is 0 Å². The molecule has 0 aromatic carbocycles. The summed E-state index contributed by atoms with van der Waals surface area (Å²) in [5, 5.41) is 3.63. The van der Waals surface area contributed by atoms with Crippen molar-refractivity contribution in [3.8, 4) is 0 Å². The molecule has 0 aromatic rings. The molecule has 0 aromatic heterocycles. The molecule has 0 saturated carbocycles. The Bertz CT molecular complexity index is 177. The van der Waals surface area contributed by atoms with Gasteiger partial charge in [0.05, 0.1) is 0 Å². The van der Waals surface area contributed by atoms with Crippen LogP contribution in [0.4, 0.5) is 4.39 Å². The second kappa shape index (κ2) is 3.41. The third kappa shape index (κ3) is 2.07. The van der Waals surface area contributed by atoms with Gasteiger partial charge in [-0.1, -0.05) is 0 Å². The predicted molar refractivity (Wildman–Crippen MR) is 36.1 cm³/mol. The minimum atomic E-state index is -1.95. The van der Waals surface area contributed by atoms with Crippen LogP contribution in [0.15, 0.2) is 22.8 Å². The van der Waals surface area contributed by atoms with Gasteiger partial charge in [0.1, 0.15) is 0 Å². The van der Waals surface area contributed by atoms with Crippen LogP contribution in [-0.4, -0.2) is 20.1 Å². The van der Waals surface area contributed by atoms with Gasteiger partial charge in [-0.2, -0.15) is 0 Å². The first-order valence-electron chi connectivity index (χ1n) is 3.04. The molecule has 0 bridgehead atoms. The van der Waals surface area contributed by atoms with Crippen LogP contribution in [0.3, 0.4) is 0 Å². The first kappa shape index (κ1) is 8.81. The predicted octanol–water partition coefficient (Wildman–Crippen LogP) is 1.52. The van der Waals surface area contributed by atoms with E-state index in [1.165, 1.54) is 19.3 Å². The van der Waals surface area contributed by atoms with E-state index in [-0.39, 0.29) is 0 Å². The van der Waals surface area contributed by atoms with E-state index in [1.54, 1.807) is 7.11 Å². The van der Waals surface area contributed by atoms with E-state index in [9.17, 15) is 4.39 Å². The van der Waals surface area contributed by atoms with Gasteiger partial charge < -0.3 is 0 Å². The third-order valence-electron chi connectivity index (χ3n) is 1.32. The molecule has 1 aliphatic heterocycles. The van der Waals surface area contributed by atoms with Crippen molar-refractivity contribution < 1.29 is 25.1 Å². The molecule has 4 heteroatoms. The Labute approximate surface area is 68.6 Å². The molecule has 0 radical (unpaired) electrons. The quantitative estimate of drug-likeness (QED) is 0.715. The summed E-state index contributed by atoms with van der Waals surface area (Å²) in [5.74, 6) is -1.69. The maximum atomic E-state index is 13.2. The van der Waals surface area contributed by atoms with Gasteiger partial charge in [0, 0.05) is 0 Å². The SMILES string of the molecule is C[O][Am]1[CH]=CC(F)(OC)C=[CH]1. The van der Waals surface area contributed by atoms with E-state index in [0.717, 1.165) is 0 Å². The van der Waals surface area contributed by atoms with Crippen LogP contribution >= 0.6 is 0 Å². The fraction of sp³-hybridized carbons (Fsp3) is 0.429. The zero-order chi connectivity index (χ0) is 8.32. The number of alkyl halides is 1. The standard InChI is InChI=1S/C6H7FO.CH3O.Am/c1-4-6(7,5-2)8-3;1-2;/h1-2,4-5H,3H3;1H3;/q;-1;+1. The van der Waals surface area contributed by atoms with Crippen LogP contribution in [-0.2, 0) is 8.84 Å². The molecular weight excluding hydrogens is 378 g/mol. The summed E-state index contributed by atoms with van der Waals surface area (Å²) in [7, 11) is 3.00. The number of methoxy groups -OCH3 is 1. The van der Waals surface area contributed by atoms with Gasteiger partial charge in [-0.25, -0.2) is 0 Å². The van der Waals surface area contributed by atoms with Crippen LogP contribution in [0.1, 0.15) is 0 Å². The first-order valence-corrected chi connectivity index (χ1v) is 7.96. The van der Waals surface area contributed by atoms with Gasteiger partial charge in [-0.05, 0) is 0 Å². The van der Waals surface area contributed by atoms with Crippen molar-refractivity contribution >= 4 is 0 Å². The average molecular weight is 388 g/mol. The molecule has 1 heterocycles. The fourth-order valence-corrected chi connectivity index (χ4v) is 4.30. The summed E-state index contributed by atoms with van der Waals surface area (Å²) in [6, 6.07) is 0. The van der Waals surface area contributed by atoms with E-state index < -0.39 is 17.7 Å². The fourth-order valence-electron chi connectivity index (χ4n) is 0.632. The Morgan fingerprint density at radius 3 is 2.18 bits per heavy atom. The van der Waals surface area contributed by atoms with Crippen molar-refractivity contribution in [2.24, 2.45) is 0 Å². The Hall–Kier alpha value is -0.280. The molecule has 0 unspecified atom stereocenters. The van der Waals surface area contributed by atoms with Gasteiger partial charge >= 0.3 is 67.9 Å². The van der Waals surface area contributed by atoms with Crippen LogP contribution in [0.5, 0.6) is 0 Å². The number of hydrogen-bond acceptors (Lipinski definition) is 2. The van der Waals surface area contributed by atoms with Gasteiger partial charge in [-0.15, -0.1) is 0 Å². The van der Waals surface area contributed by atoms with E-state index in [4.69, 9.17) is 4.10 Å². The van der Waals surface area contributed by atoms with Crippen molar-refractivity contribution in [3.05, 3.63) is 22.8 Å². The summed E-state index contributed by atoms with van der Waals surface area (Å²) in [4.78, 5) is 0. The summed E-state index contributed by atoms with van der Waals surface area (Å²) in [6.07, 6.45) is 2.85. The molecule has 11 heavy (non-hydrogen) atoms. The molecule has 0 spiro atoms. The monoisotopic (exact) mass is 386 g/mol. The molecule has 0 saturated heterocycles. The molecule has 0 fully saturated rings. The first-order chi connectivity index (χ1) is 5.20. The molecule has 2 nitrogen and oxygen atoms in total. The number of halogens is 1. The molecule has 1 aliphatic rings. The van der Waals surface area contributed by atoms with Crippen molar-refractivity contribution in [2.45, 2.75) is 5.85 Å². The molecule has 1 rings (SSSR count). The Morgan fingerprint density at radius 2 is 1.82 bits per heavy atom. The van der Waals surface area contributed by atoms with Crippen LogP contribution in [0, 0.1) is 11.8 Å². The number of hydrogen-bond donors (Lipinski definition) is 0. The average Bonchev–Trinajstić information content (AvgIpc) is 2.06. The van der Waals surface area contributed by atoms with Gasteiger partial charge in [0.2, 0.25) is 0 Å². The van der Waals surface area contributed by atoms with E-state index >= 15 is 0 Å². The second-order valence-corrected chi connectivity index (χ2v) is 7.86. The van der Waals surface area contributed by atoms with Crippen molar-refractivity contribution in [2.75, 3.05) is 14.2 Å². The third-order valence-corrected chi connectivity index (χ3v) is 5.92. The van der Waals surface area contributed by atoms with Crippen LogP contribution < -0.4 is 0 Å². The van der Waals surface area contributed by atoms with E-state index in [0.29, 0.717) is 0 Å². The summed E-state index contributed by atoms with van der Waals surface area (Å²) in [5.41, 5.74) is 0. The Kier molecular flexibility index (Phi) is 2.73. The molecule has 0 atom stereocenters. The Morgan fingerprint density at radius 1 is 1.27 bits per heavy atom. The molecule has 0 amide bonds. The Balaban J connectivity index is 2.63.